The van der Waals surface area contributed by atoms with Crippen molar-refractivity contribution in [2.24, 2.45) is 5.41 Å². The molecule has 106 valence electrons. The van der Waals surface area contributed by atoms with E-state index in [0.29, 0.717) is 6.61 Å². The molecule has 0 bridgehead atoms. The minimum atomic E-state index is -0.209. The third kappa shape index (κ3) is 4.00. The molecule has 0 aliphatic carbocycles. The van der Waals surface area contributed by atoms with Gasteiger partial charge in [0.25, 0.3) is 0 Å². The third-order valence-electron chi connectivity index (χ3n) is 3.71. The van der Waals surface area contributed by atoms with E-state index in [1.165, 1.54) is 12.1 Å². The van der Waals surface area contributed by atoms with Crippen LogP contribution < -0.4 is 0 Å². The van der Waals surface area contributed by atoms with Gasteiger partial charge in [0, 0.05) is 25.1 Å². The number of nitrogens with zero attached hydrogens (tertiary/aromatic N) is 1. The Morgan fingerprint density at radius 3 is 2.68 bits per heavy atom. The zero-order valence-corrected chi connectivity index (χ0v) is 11.4. The summed E-state index contributed by atoms with van der Waals surface area (Å²) in [6.07, 6.45) is 2.00. The topological polar surface area (TPSA) is 32.7 Å². The highest BCUT2D eigenvalue weighted by molar-refractivity contribution is 5.15. The lowest BCUT2D eigenvalue weighted by atomic mass is 9.83. The van der Waals surface area contributed by atoms with E-state index >= 15 is 0 Å². The lowest BCUT2D eigenvalue weighted by Gasteiger charge is -2.38. The van der Waals surface area contributed by atoms with Crippen LogP contribution in [-0.4, -0.2) is 43.4 Å². The summed E-state index contributed by atoms with van der Waals surface area (Å²) in [6.45, 7) is 3.12. The second-order valence-corrected chi connectivity index (χ2v) is 5.61. The van der Waals surface area contributed by atoms with Crippen molar-refractivity contribution in [3.63, 3.8) is 0 Å². The van der Waals surface area contributed by atoms with Gasteiger partial charge in [0.1, 0.15) is 5.82 Å². The Kier molecular flexibility index (Phi) is 4.91. The maximum absolute atomic E-state index is 12.8. The van der Waals surface area contributed by atoms with Crippen molar-refractivity contribution in [2.45, 2.75) is 19.4 Å². The second-order valence-electron chi connectivity index (χ2n) is 5.61. The standard InChI is InChI=1S/C15H22FNO2/c1-17(9-13-3-5-14(16)6-4-13)10-15(11-18)7-2-8-19-12-15/h3-6,18H,2,7-12H2,1H3. The van der Waals surface area contributed by atoms with Gasteiger partial charge in [0.05, 0.1) is 13.2 Å². The predicted octanol–water partition coefficient (Wildman–Crippen LogP) is 2.05. The molecule has 1 aromatic carbocycles. The normalized spacial score (nSPS) is 23.8. The van der Waals surface area contributed by atoms with Gasteiger partial charge < -0.3 is 14.7 Å². The van der Waals surface area contributed by atoms with Gasteiger partial charge in [-0.05, 0) is 37.6 Å². The molecule has 0 saturated carbocycles. The molecule has 0 amide bonds. The van der Waals surface area contributed by atoms with Crippen LogP contribution in [0.15, 0.2) is 24.3 Å². The van der Waals surface area contributed by atoms with E-state index in [0.717, 1.165) is 38.1 Å². The van der Waals surface area contributed by atoms with E-state index in [1.807, 2.05) is 7.05 Å². The Hall–Kier alpha value is -0.970. The molecule has 1 aliphatic rings. The van der Waals surface area contributed by atoms with Crippen LogP contribution in [0.2, 0.25) is 0 Å². The van der Waals surface area contributed by atoms with Gasteiger partial charge in [0.15, 0.2) is 0 Å². The fraction of sp³-hybridized carbons (Fsp3) is 0.600. The summed E-state index contributed by atoms with van der Waals surface area (Å²) in [6, 6.07) is 6.56. The largest absolute Gasteiger partial charge is 0.396 e. The molecule has 1 fully saturated rings. The smallest absolute Gasteiger partial charge is 0.123 e. The highest BCUT2D eigenvalue weighted by atomic mass is 19.1. The molecule has 0 spiro atoms. The van der Waals surface area contributed by atoms with Crippen molar-refractivity contribution >= 4 is 0 Å². The number of ether oxygens (including phenoxy) is 1. The zero-order valence-electron chi connectivity index (χ0n) is 11.4. The zero-order chi connectivity index (χ0) is 13.7. The summed E-state index contributed by atoms with van der Waals surface area (Å²) in [4.78, 5) is 2.16. The van der Waals surface area contributed by atoms with Crippen molar-refractivity contribution in [3.8, 4) is 0 Å². The molecule has 4 heteroatoms. The van der Waals surface area contributed by atoms with E-state index in [1.54, 1.807) is 12.1 Å². The molecular formula is C15H22FNO2. The van der Waals surface area contributed by atoms with Crippen LogP contribution in [0.1, 0.15) is 18.4 Å². The molecule has 1 aliphatic heterocycles. The minimum absolute atomic E-state index is 0.146. The Morgan fingerprint density at radius 2 is 2.11 bits per heavy atom. The van der Waals surface area contributed by atoms with Crippen LogP contribution in [0.25, 0.3) is 0 Å². The molecule has 1 unspecified atom stereocenters. The Bertz CT molecular complexity index is 388. The Labute approximate surface area is 114 Å². The first kappa shape index (κ1) is 14.4. The maximum atomic E-state index is 12.8. The van der Waals surface area contributed by atoms with E-state index in [-0.39, 0.29) is 17.8 Å². The third-order valence-corrected chi connectivity index (χ3v) is 3.71. The highest BCUT2D eigenvalue weighted by Crippen LogP contribution is 2.29. The van der Waals surface area contributed by atoms with Crippen LogP contribution >= 0.6 is 0 Å². The first-order valence-electron chi connectivity index (χ1n) is 6.75. The lowest BCUT2D eigenvalue weighted by molar-refractivity contribution is -0.0531. The second kappa shape index (κ2) is 6.46. The van der Waals surface area contributed by atoms with Gasteiger partial charge in [-0.2, -0.15) is 0 Å². The van der Waals surface area contributed by atoms with Crippen LogP contribution in [-0.2, 0) is 11.3 Å². The lowest BCUT2D eigenvalue weighted by Crippen LogP contribution is -2.44. The van der Waals surface area contributed by atoms with Gasteiger partial charge >= 0.3 is 0 Å². The summed E-state index contributed by atoms with van der Waals surface area (Å²) in [5.41, 5.74) is 0.932. The van der Waals surface area contributed by atoms with Gasteiger partial charge in [-0.15, -0.1) is 0 Å². The number of aliphatic hydroxyl groups is 1. The first-order valence-corrected chi connectivity index (χ1v) is 6.75. The molecule has 1 saturated heterocycles. The van der Waals surface area contributed by atoms with Crippen LogP contribution in [0.3, 0.4) is 0 Å². The fourth-order valence-corrected chi connectivity index (χ4v) is 2.74. The van der Waals surface area contributed by atoms with Crippen LogP contribution in [0.4, 0.5) is 4.39 Å². The average molecular weight is 267 g/mol. The van der Waals surface area contributed by atoms with Crippen molar-refractivity contribution in [2.75, 3.05) is 33.4 Å². The molecular weight excluding hydrogens is 245 g/mol. The summed E-state index contributed by atoms with van der Waals surface area (Å²) in [7, 11) is 2.02. The molecule has 1 aromatic rings. The van der Waals surface area contributed by atoms with Crippen molar-refractivity contribution in [3.05, 3.63) is 35.6 Å². The van der Waals surface area contributed by atoms with E-state index < -0.39 is 0 Å². The molecule has 3 nitrogen and oxygen atoms in total. The molecule has 1 heterocycles. The summed E-state index contributed by atoms with van der Waals surface area (Å²) >= 11 is 0. The number of benzene rings is 1. The van der Waals surface area contributed by atoms with Crippen molar-refractivity contribution < 1.29 is 14.2 Å². The maximum Gasteiger partial charge on any atom is 0.123 e. The van der Waals surface area contributed by atoms with Gasteiger partial charge in [0.2, 0.25) is 0 Å². The first-order chi connectivity index (χ1) is 9.13. The highest BCUT2D eigenvalue weighted by Gasteiger charge is 2.33. The van der Waals surface area contributed by atoms with Crippen molar-refractivity contribution in [1.82, 2.24) is 4.90 Å². The Balaban J connectivity index is 1.92. The summed E-state index contributed by atoms with van der Waals surface area (Å²) in [5, 5.41) is 9.64. The molecule has 1 N–H and O–H groups in total. The number of aliphatic hydroxyl groups excluding tert-OH is 1. The number of hydrogen-bond acceptors (Lipinski definition) is 3. The fourth-order valence-electron chi connectivity index (χ4n) is 2.74. The average Bonchev–Trinajstić information content (AvgIpc) is 2.42. The number of rotatable bonds is 5. The molecule has 0 aromatic heterocycles. The number of hydrogen-bond donors (Lipinski definition) is 1. The summed E-state index contributed by atoms with van der Waals surface area (Å²) < 4.78 is 18.4. The van der Waals surface area contributed by atoms with E-state index in [2.05, 4.69) is 4.90 Å². The molecule has 2 rings (SSSR count). The Morgan fingerprint density at radius 1 is 1.37 bits per heavy atom. The van der Waals surface area contributed by atoms with Crippen LogP contribution in [0, 0.1) is 11.2 Å². The monoisotopic (exact) mass is 267 g/mol. The number of halogens is 1. The van der Waals surface area contributed by atoms with Crippen LogP contribution in [0.5, 0.6) is 0 Å². The van der Waals surface area contributed by atoms with Gasteiger partial charge in [-0.1, -0.05) is 12.1 Å². The van der Waals surface area contributed by atoms with E-state index in [9.17, 15) is 9.50 Å². The SMILES string of the molecule is CN(Cc1ccc(F)cc1)CC1(CO)CCCOC1. The summed E-state index contributed by atoms with van der Waals surface area (Å²) in [5.74, 6) is -0.209. The predicted molar refractivity (Wildman–Crippen MR) is 72.3 cm³/mol. The minimum Gasteiger partial charge on any atom is -0.396 e. The van der Waals surface area contributed by atoms with Crippen molar-refractivity contribution in [1.29, 1.82) is 0 Å². The molecule has 1 atom stereocenters. The van der Waals surface area contributed by atoms with Gasteiger partial charge in [-0.25, -0.2) is 4.39 Å². The molecule has 19 heavy (non-hydrogen) atoms. The van der Waals surface area contributed by atoms with E-state index in [4.69, 9.17) is 4.74 Å². The van der Waals surface area contributed by atoms with Gasteiger partial charge in [-0.3, -0.25) is 0 Å². The molecule has 0 radical (unpaired) electrons. The quantitative estimate of drug-likeness (QED) is 0.886.